The van der Waals surface area contributed by atoms with E-state index in [1.807, 2.05) is 24.4 Å². The van der Waals surface area contributed by atoms with Crippen LogP contribution in [-0.2, 0) is 20.0 Å². The molecule has 0 saturated heterocycles. The summed E-state index contributed by atoms with van der Waals surface area (Å²) in [5.41, 5.74) is -11.2. The Hall–Kier alpha value is -1.93. The molecule has 0 aliphatic heterocycles. The van der Waals surface area contributed by atoms with Crippen molar-refractivity contribution in [2.24, 2.45) is 0 Å². The van der Waals surface area contributed by atoms with Gasteiger partial charge in [-0.25, -0.2) is 21.8 Å². The maximum atomic E-state index is 11.4. The number of para-hydroxylation sites is 1. The van der Waals surface area contributed by atoms with E-state index in [1.165, 1.54) is 10.9 Å². The number of rotatable bonds is 2. The van der Waals surface area contributed by atoms with E-state index in [-0.39, 0.29) is 0 Å². The van der Waals surface area contributed by atoms with Gasteiger partial charge in [0.1, 0.15) is 0 Å². The first-order valence-electron chi connectivity index (χ1n) is 5.90. The molecule has 0 atom stereocenters. The van der Waals surface area contributed by atoms with Gasteiger partial charge in [-0.1, -0.05) is 12.1 Å². The number of H-pyrrole nitrogens is 1. The number of pyridine rings is 1. The molecule has 0 unspecified atom stereocenters. The summed E-state index contributed by atoms with van der Waals surface area (Å²) in [6, 6.07) is 12.3. The quantitative estimate of drug-likeness (QED) is 0.711. The predicted octanol–water partition coefficient (Wildman–Crippen LogP) is 2.71. The van der Waals surface area contributed by atoms with Crippen LogP contribution in [0.25, 0.3) is 15.0 Å². The van der Waals surface area contributed by atoms with Gasteiger partial charge in [0.15, 0.2) is 26.2 Å². The first-order valence-corrected chi connectivity index (χ1v) is 8.78. The highest BCUT2D eigenvalue weighted by atomic mass is 32.3. The molecule has 0 fully saturated rings. The Bertz CT molecular complexity index is 831. The molecule has 14 heteroatoms. The molecule has 1 heterocycles. The molecular formula is C11H8F6N2O4S2. The van der Waals surface area contributed by atoms with Gasteiger partial charge in [-0.3, -0.25) is 0 Å². The standard InChI is InChI=1S/C9H7N.C2F6NO4S2/c1-2-6-9-8(4-1)5-3-7-10-9;3-1(4,5)14(10,11)9-15(12,13)2(6,7)8/h1-7H;/q;-1/p+1. The summed E-state index contributed by atoms with van der Waals surface area (Å²) in [6.45, 7) is 0. The molecule has 2 rings (SSSR count). The van der Waals surface area contributed by atoms with Crippen molar-refractivity contribution in [2.75, 3.05) is 0 Å². The van der Waals surface area contributed by atoms with Crippen molar-refractivity contribution in [3.8, 4) is 0 Å². The number of nitrogens with one attached hydrogen (secondary N) is 1. The summed E-state index contributed by atoms with van der Waals surface area (Å²) in [6.07, 6.45) is 1.93. The third-order valence-electron chi connectivity index (χ3n) is 2.35. The fraction of sp³-hybridized carbons (Fsp3) is 0.182. The molecule has 0 radical (unpaired) electrons. The minimum absolute atomic E-state index is 0.778. The maximum absolute atomic E-state index is 11.4. The van der Waals surface area contributed by atoms with Gasteiger partial charge < -0.3 is 4.13 Å². The van der Waals surface area contributed by atoms with Crippen LogP contribution in [0.1, 0.15) is 0 Å². The van der Waals surface area contributed by atoms with E-state index in [0.717, 1.165) is 4.13 Å². The minimum Gasteiger partial charge on any atom is -0.421 e. The predicted molar refractivity (Wildman–Crippen MR) is 73.8 cm³/mol. The smallest absolute Gasteiger partial charge is 0.421 e. The average molecular weight is 410 g/mol. The Kier molecular flexibility index (Phi) is 6.02. The van der Waals surface area contributed by atoms with Gasteiger partial charge in [0.2, 0.25) is 5.52 Å². The lowest BCUT2D eigenvalue weighted by atomic mass is 10.2. The number of benzene rings is 1. The molecule has 0 aliphatic carbocycles. The summed E-state index contributed by atoms with van der Waals surface area (Å²) >= 11 is 0. The lowest BCUT2D eigenvalue weighted by Crippen LogP contribution is -2.30. The Labute approximate surface area is 137 Å². The average Bonchev–Trinajstić information content (AvgIpc) is 2.44. The molecule has 0 bridgehead atoms. The van der Waals surface area contributed by atoms with Crippen molar-refractivity contribution in [3.05, 3.63) is 46.7 Å². The van der Waals surface area contributed by atoms with Gasteiger partial charge in [-0.15, -0.1) is 0 Å². The summed E-state index contributed by atoms with van der Waals surface area (Å²) < 4.78 is 109. The van der Waals surface area contributed by atoms with Crippen LogP contribution < -0.4 is 4.98 Å². The molecule has 0 amide bonds. The van der Waals surface area contributed by atoms with Crippen molar-refractivity contribution < 1.29 is 48.2 Å². The second kappa shape index (κ2) is 7.13. The van der Waals surface area contributed by atoms with Crippen LogP contribution in [0.5, 0.6) is 0 Å². The fourth-order valence-corrected chi connectivity index (χ4v) is 2.99. The molecule has 1 N–H and O–H groups in total. The minimum atomic E-state index is -6.72. The SMILES string of the molecule is O=S(=O)([N-]S(=O)(=O)C(F)(F)F)C(F)(F)F.c1ccc2[nH+]cccc2c1. The lowest BCUT2D eigenvalue weighted by molar-refractivity contribution is -0.344. The van der Waals surface area contributed by atoms with Gasteiger partial charge in [-0.05, 0) is 12.1 Å². The maximum Gasteiger partial charge on any atom is 0.480 e. The zero-order valence-corrected chi connectivity index (χ0v) is 13.3. The van der Waals surface area contributed by atoms with Gasteiger partial charge in [0.05, 0.1) is 0 Å². The van der Waals surface area contributed by atoms with Gasteiger partial charge in [-0.2, -0.15) is 26.3 Å². The molecule has 6 nitrogen and oxygen atoms in total. The number of aromatic nitrogens is 1. The monoisotopic (exact) mass is 410 g/mol. The molecule has 1 aromatic carbocycles. The van der Waals surface area contributed by atoms with E-state index in [0.29, 0.717) is 0 Å². The molecule has 0 spiro atoms. The Balaban J connectivity index is 0.000000267. The first-order chi connectivity index (χ1) is 11.2. The van der Waals surface area contributed by atoms with Crippen LogP contribution in [0.4, 0.5) is 26.3 Å². The molecule has 2 aromatic rings. The number of fused-ring (bicyclic) bond motifs is 1. The van der Waals surface area contributed by atoms with Crippen molar-refractivity contribution in [2.45, 2.75) is 11.0 Å². The highest BCUT2D eigenvalue weighted by Crippen LogP contribution is 2.36. The second-order valence-electron chi connectivity index (χ2n) is 4.17. The molecule has 1 aromatic heterocycles. The first kappa shape index (κ1) is 21.1. The largest absolute Gasteiger partial charge is 0.480 e. The summed E-state index contributed by atoms with van der Waals surface area (Å²) in [7, 11) is -13.4. The zero-order valence-electron chi connectivity index (χ0n) is 11.7. The van der Waals surface area contributed by atoms with Gasteiger partial charge >= 0.3 is 11.0 Å². The second-order valence-corrected chi connectivity index (χ2v) is 7.60. The summed E-state index contributed by atoms with van der Waals surface area (Å²) in [5, 5.41) is 1.25. The topological polar surface area (TPSA) is 96.5 Å². The van der Waals surface area contributed by atoms with Crippen molar-refractivity contribution in [1.29, 1.82) is 0 Å². The van der Waals surface area contributed by atoms with E-state index < -0.39 is 31.1 Å². The lowest BCUT2D eigenvalue weighted by Gasteiger charge is -2.22. The third kappa shape index (κ3) is 5.54. The number of hydrogen-bond donors (Lipinski definition) is 0. The number of nitrogens with zero attached hydrogens (tertiary/aromatic N) is 1. The Morgan fingerprint density at radius 3 is 1.64 bits per heavy atom. The van der Waals surface area contributed by atoms with E-state index in [2.05, 4.69) is 23.2 Å². The molecule has 0 saturated carbocycles. The van der Waals surface area contributed by atoms with Gasteiger partial charge in [0, 0.05) is 17.5 Å². The molecule has 25 heavy (non-hydrogen) atoms. The zero-order chi connectivity index (χ0) is 19.5. The number of aromatic amines is 1. The molecule has 0 aliphatic rings. The normalized spacial score (nSPS) is 13.2. The van der Waals surface area contributed by atoms with Crippen LogP contribution in [0.15, 0.2) is 42.6 Å². The van der Waals surface area contributed by atoms with Crippen LogP contribution in [0, 0.1) is 0 Å². The van der Waals surface area contributed by atoms with E-state index in [4.69, 9.17) is 0 Å². The molecular weight excluding hydrogens is 402 g/mol. The molecule has 140 valence electrons. The summed E-state index contributed by atoms with van der Waals surface area (Å²) in [5.74, 6) is 0. The number of sulfonamides is 2. The van der Waals surface area contributed by atoms with Crippen LogP contribution in [-0.4, -0.2) is 27.9 Å². The number of hydrogen-bond acceptors (Lipinski definition) is 4. The number of alkyl halides is 6. The Morgan fingerprint density at radius 1 is 0.760 bits per heavy atom. The highest BCUT2D eigenvalue weighted by molar-refractivity contribution is 8.13. The van der Waals surface area contributed by atoms with Crippen molar-refractivity contribution in [3.63, 3.8) is 0 Å². The van der Waals surface area contributed by atoms with Crippen LogP contribution in [0.2, 0.25) is 0 Å². The van der Waals surface area contributed by atoms with E-state index in [9.17, 15) is 43.2 Å². The van der Waals surface area contributed by atoms with E-state index in [1.54, 1.807) is 0 Å². The Morgan fingerprint density at radius 2 is 1.20 bits per heavy atom. The highest BCUT2D eigenvalue weighted by Gasteiger charge is 2.46. The summed E-state index contributed by atoms with van der Waals surface area (Å²) in [4.78, 5) is 3.15. The van der Waals surface area contributed by atoms with Crippen LogP contribution >= 0.6 is 0 Å². The third-order valence-corrected chi connectivity index (χ3v) is 5.09. The van der Waals surface area contributed by atoms with E-state index >= 15 is 0 Å². The van der Waals surface area contributed by atoms with Gasteiger partial charge in [0.25, 0.3) is 0 Å². The van der Waals surface area contributed by atoms with Crippen LogP contribution in [0.3, 0.4) is 0 Å². The number of halogens is 6. The van der Waals surface area contributed by atoms with Crippen molar-refractivity contribution >= 4 is 30.9 Å². The fourth-order valence-electron chi connectivity index (χ4n) is 1.28. The van der Waals surface area contributed by atoms with Crippen molar-refractivity contribution in [1.82, 2.24) is 0 Å².